The Morgan fingerprint density at radius 3 is 2.81 bits per heavy atom. The number of ether oxygens (including phenoxy) is 2. The first-order valence-corrected chi connectivity index (χ1v) is 10.4. The number of benzene rings is 1. The van der Waals surface area contributed by atoms with Gasteiger partial charge in [-0.15, -0.1) is 0 Å². The minimum Gasteiger partial charge on any atom is -0.497 e. The summed E-state index contributed by atoms with van der Waals surface area (Å²) in [6, 6.07) is 10.6. The average molecular weight is 435 g/mol. The zero-order chi connectivity index (χ0) is 22.5. The number of nitrogens with one attached hydrogen (secondary N) is 2. The number of piperidine rings is 1. The monoisotopic (exact) mass is 435 g/mol. The molecular weight excluding hydrogens is 410 g/mol. The van der Waals surface area contributed by atoms with Crippen LogP contribution in [0.1, 0.15) is 23.3 Å². The standard InChI is InChI=1S/C23H25N5O4/c1-31-17-7-8-21(32-2)19(11-17)25-22(29)16-6-4-10-28(14-16)23(30)20-12-18(26-27-20)15-5-3-9-24-13-15/h3,5,7-9,11-13,16H,4,6,10,14H2,1-2H3,(H,25,29)(H,26,27)/t16-/m1/s1. The minimum atomic E-state index is -0.329. The summed E-state index contributed by atoms with van der Waals surface area (Å²) in [5.41, 5.74) is 2.40. The van der Waals surface area contributed by atoms with E-state index in [1.807, 2.05) is 12.1 Å². The summed E-state index contributed by atoms with van der Waals surface area (Å²) in [4.78, 5) is 31.8. The fraction of sp³-hybridized carbons (Fsp3) is 0.304. The van der Waals surface area contributed by atoms with Crippen LogP contribution >= 0.6 is 0 Å². The second-order valence-corrected chi connectivity index (χ2v) is 7.55. The molecule has 2 amide bonds. The van der Waals surface area contributed by atoms with Crippen LogP contribution < -0.4 is 14.8 Å². The van der Waals surface area contributed by atoms with Crippen molar-refractivity contribution in [1.29, 1.82) is 0 Å². The molecule has 1 aliphatic rings. The Balaban J connectivity index is 1.44. The number of rotatable bonds is 6. The molecule has 2 aromatic heterocycles. The lowest BCUT2D eigenvalue weighted by Crippen LogP contribution is -2.43. The zero-order valence-corrected chi connectivity index (χ0v) is 18.0. The number of methoxy groups -OCH3 is 2. The van der Waals surface area contributed by atoms with E-state index in [1.165, 1.54) is 0 Å². The number of aromatic nitrogens is 3. The van der Waals surface area contributed by atoms with E-state index in [2.05, 4.69) is 20.5 Å². The molecule has 1 aliphatic heterocycles. The maximum Gasteiger partial charge on any atom is 0.271 e. The highest BCUT2D eigenvalue weighted by Crippen LogP contribution is 2.30. The van der Waals surface area contributed by atoms with Gasteiger partial charge in [0.2, 0.25) is 5.91 Å². The molecule has 1 aromatic carbocycles. The first-order valence-electron chi connectivity index (χ1n) is 10.4. The molecule has 1 fully saturated rings. The van der Waals surface area contributed by atoms with E-state index >= 15 is 0 Å². The van der Waals surface area contributed by atoms with Gasteiger partial charge in [-0.05, 0) is 43.2 Å². The molecule has 3 aromatic rings. The summed E-state index contributed by atoms with van der Waals surface area (Å²) in [7, 11) is 3.11. The van der Waals surface area contributed by atoms with E-state index in [1.54, 1.807) is 55.8 Å². The van der Waals surface area contributed by atoms with E-state index in [-0.39, 0.29) is 17.7 Å². The second kappa shape index (κ2) is 9.51. The molecule has 0 aliphatic carbocycles. The van der Waals surface area contributed by atoms with Crippen molar-refractivity contribution in [2.75, 3.05) is 32.6 Å². The molecule has 0 unspecified atom stereocenters. The smallest absolute Gasteiger partial charge is 0.271 e. The van der Waals surface area contributed by atoms with Gasteiger partial charge >= 0.3 is 0 Å². The lowest BCUT2D eigenvalue weighted by molar-refractivity contribution is -0.121. The summed E-state index contributed by atoms with van der Waals surface area (Å²) >= 11 is 0. The predicted molar refractivity (Wildman–Crippen MR) is 119 cm³/mol. The summed E-state index contributed by atoms with van der Waals surface area (Å²) < 4.78 is 10.6. The van der Waals surface area contributed by atoms with Crippen molar-refractivity contribution in [1.82, 2.24) is 20.1 Å². The number of aromatic amines is 1. The summed E-state index contributed by atoms with van der Waals surface area (Å²) in [6.07, 6.45) is 4.81. The molecule has 9 nitrogen and oxygen atoms in total. The van der Waals surface area contributed by atoms with Gasteiger partial charge in [-0.1, -0.05) is 0 Å². The molecule has 0 bridgehead atoms. The van der Waals surface area contributed by atoms with Crippen molar-refractivity contribution < 1.29 is 19.1 Å². The van der Waals surface area contributed by atoms with Crippen LogP contribution in [0.2, 0.25) is 0 Å². The number of likely N-dealkylation sites (tertiary alicyclic amines) is 1. The Kier molecular flexibility index (Phi) is 6.34. The van der Waals surface area contributed by atoms with Crippen LogP contribution in [0.3, 0.4) is 0 Å². The number of carbonyl (C=O) groups excluding carboxylic acids is 2. The minimum absolute atomic E-state index is 0.158. The number of carbonyl (C=O) groups is 2. The first kappa shape index (κ1) is 21.4. The van der Waals surface area contributed by atoms with Gasteiger partial charge in [0.15, 0.2) is 0 Å². The van der Waals surface area contributed by atoms with Gasteiger partial charge in [0, 0.05) is 37.1 Å². The number of nitrogens with zero attached hydrogens (tertiary/aromatic N) is 3. The molecule has 0 saturated carbocycles. The van der Waals surface area contributed by atoms with E-state index in [0.29, 0.717) is 48.1 Å². The predicted octanol–water partition coefficient (Wildman–Crippen LogP) is 2.98. The molecule has 1 saturated heterocycles. The van der Waals surface area contributed by atoms with E-state index in [4.69, 9.17) is 9.47 Å². The van der Waals surface area contributed by atoms with Crippen LogP contribution in [0.15, 0.2) is 48.8 Å². The van der Waals surface area contributed by atoms with E-state index in [0.717, 1.165) is 12.0 Å². The summed E-state index contributed by atoms with van der Waals surface area (Å²) in [5, 5.41) is 9.96. The summed E-state index contributed by atoms with van der Waals surface area (Å²) in [6.45, 7) is 0.921. The van der Waals surface area contributed by atoms with Gasteiger partial charge in [-0.25, -0.2) is 0 Å². The van der Waals surface area contributed by atoms with Crippen molar-refractivity contribution in [3.8, 4) is 22.8 Å². The second-order valence-electron chi connectivity index (χ2n) is 7.55. The van der Waals surface area contributed by atoms with Crippen molar-refractivity contribution in [3.63, 3.8) is 0 Å². The Morgan fingerprint density at radius 2 is 2.06 bits per heavy atom. The maximum absolute atomic E-state index is 13.0. The highest BCUT2D eigenvalue weighted by molar-refractivity contribution is 5.96. The highest BCUT2D eigenvalue weighted by Gasteiger charge is 2.30. The molecule has 166 valence electrons. The van der Waals surface area contributed by atoms with E-state index < -0.39 is 0 Å². The Morgan fingerprint density at radius 1 is 1.19 bits per heavy atom. The number of hydrogen-bond donors (Lipinski definition) is 2. The molecule has 1 atom stereocenters. The van der Waals surface area contributed by atoms with Crippen molar-refractivity contribution in [3.05, 3.63) is 54.5 Å². The third-order valence-electron chi connectivity index (χ3n) is 5.51. The average Bonchev–Trinajstić information content (AvgIpc) is 3.34. The fourth-order valence-corrected chi connectivity index (χ4v) is 3.79. The fourth-order valence-electron chi connectivity index (χ4n) is 3.79. The SMILES string of the molecule is COc1ccc(OC)c(NC(=O)[C@@H]2CCCN(C(=O)c3cc(-c4cccnc4)n[nH]3)C2)c1. The largest absolute Gasteiger partial charge is 0.497 e. The van der Waals surface area contributed by atoms with Crippen LogP contribution in [-0.4, -0.2) is 59.2 Å². The number of hydrogen-bond acceptors (Lipinski definition) is 6. The van der Waals surface area contributed by atoms with Crippen LogP contribution in [0, 0.1) is 5.92 Å². The van der Waals surface area contributed by atoms with Crippen LogP contribution in [0.25, 0.3) is 11.3 Å². The number of H-pyrrole nitrogens is 1. The molecule has 32 heavy (non-hydrogen) atoms. The highest BCUT2D eigenvalue weighted by atomic mass is 16.5. The maximum atomic E-state index is 13.0. The Labute approximate surface area is 185 Å². The van der Waals surface area contributed by atoms with Crippen LogP contribution in [0.4, 0.5) is 5.69 Å². The molecule has 4 rings (SSSR count). The topological polar surface area (TPSA) is 109 Å². The Bertz CT molecular complexity index is 1100. The van der Waals surface area contributed by atoms with Crippen LogP contribution in [0.5, 0.6) is 11.5 Å². The van der Waals surface area contributed by atoms with Gasteiger partial charge in [0.25, 0.3) is 5.91 Å². The third kappa shape index (κ3) is 4.56. The molecule has 0 radical (unpaired) electrons. The van der Waals surface area contributed by atoms with Gasteiger partial charge in [0.05, 0.1) is 31.5 Å². The quantitative estimate of drug-likeness (QED) is 0.616. The zero-order valence-electron chi connectivity index (χ0n) is 18.0. The molecule has 2 N–H and O–H groups in total. The summed E-state index contributed by atoms with van der Waals surface area (Å²) in [5.74, 6) is 0.497. The van der Waals surface area contributed by atoms with Gasteiger partial charge in [-0.2, -0.15) is 5.10 Å². The molecule has 9 heteroatoms. The molecule has 3 heterocycles. The van der Waals surface area contributed by atoms with E-state index in [9.17, 15) is 9.59 Å². The van der Waals surface area contributed by atoms with Gasteiger partial charge in [0.1, 0.15) is 17.2 Å². The lowest BCUT2D eigenvalue weighted by atomic mass is 9.96. The van der Waals surface area contributed by atoms with Crippen molar-refractivity contribution >= 4 is 17.5 Å². The van der Waals surface area contributed by atoms with Crippen molar-refractivity contribution in [2.24, 2.45) is 5.92 Å². The normalized spacial score (nSPS) is 15.8. The van der Waals surface area contributed by atoms with Crippen LogP contribution in [-0.2, 0) is 4.79 Å². The number of pyridine rings is 1. The number of amides is 2. The van der Waals surface area contributed by atoms with Crippen molar-refractivity contribution in [2.45, 2.75) is 12.8 Å². The first-order chi connectivity index (χ1) is 15.6. The molecular formula is C23H25N5O4. The van der Waals surface area contributed by atoms with Gasteiger partial charge in [-0.3, -0.25) is 19.7 Å². The Hall–Kier alpha value is -3.88. The third-order valence-corrected chi connectivity index (χ3v) is 5.51. The number of anilines is 1. The molecule has 0 spiro atoms. The van der Waals surface area contributed by atoms with Gasteiger partial charge < -0.3 is 19.7 Å². The lowest BCUT2D eigenvalue weighted by Gasteiger charge is -2.31.